The zero-order valence-corrected chi connectivity index (χ0v) is 13.4. The Morgan fingerprint density at radius 1 is 1.32 bits per heavy atom. The molecule has 0 spiro atoms. The summed E-state index contributed by atoms with van der Waals surface area (Å²) >= 11 is 1.71. The highest BCUT2D eigenvalue weighted by Crippen LogP contribution is 2.38. The van der Waals surface area contributed by atoms with Gasteiger partial charge in [0.1, 0.15) is 5.58 Å². The molecule has 1 amide bonds. The standard InChI is InChI=1S/C18H17NO2S/c1-11-5-6-13-12(2)17(21-15(13)10-11)18(20)19-8-7-14(19)16-4-3-9-22-16/h3-6,9-10,14H,7-8H2,1-2H3. The molecule has 1 aliphatic rings. The zero-order valence-electron chi connectivity index (χ0n) is 12.6. The van der Waals surface area contributed by atoms with E-state index in [1.165, 1.54) is 4.88 Å². The lowest BCUT2D eigenvalue weighted by atomic mass is 10.00. The lowest BCUT2D eigenvalue weighted by molar-refractivity contribution is 0.0436. The summed E-state index contributed by atoms with van der Waals surface area (Å²) in [5, 5.41) is 3.09. The van der Waals surface area contributed by atoms with Crippen LogP contribution < -0.4 is 0 Å². The highest BCUT2D eigenvalue weighted by molar-refractivity contribution is 7.10. The minimum atomic E-state index is 0.0102. The number of benzene rings is 1. The second-order valence-corrected chi connectivity index (χ2v) is 6.85. The molecule has 4 heteroatoms. The number of hydrogen-bond donors (Lipinski definition) is 0. The maximum Gasteiger partial charge on any atom is 0.290 e. The maximum atomic E-state index is 12.8. The molecular formula is C18H17NO2S. The Labute approximate surface area is 133 Å². The third kappa shape index (κ3) is 1.98. The molecule has 1 fully saturated rings. The van der Waals surface area contributed by atoms with Gasteiger partial charge in [0.05, 0.1) is 6.04 Å². The predicted molar refractivity (Wildman–Crippen MR) is 88.4 cm³/mol. The number of thiophene rings is 1. The number of furan rings is 1. The van der Waals surface area contributed by atoms with Crippen LogP contribution in [0.25, 0.3) is 11.0 Å². The maximum absolute atomic E-state index is 12.8. The smallest absolute Gasteiger partial charge is 0.290 e. The molecule has 112 valence electrons. The zero-order chi connectivity index (χ0) is 15.3. The van der Waals surface area contributed by atoms with E-state index in [0.29, 0.717) is 5.76 Å². The summed E-state index contributed by atoms with van der Waals surface area (Å²) in [6, 6.07) is 10.4. The van der Waals surface area contributed by atoms with Crippen molar-refractivity contribution in [3.05, 3.63) is 57.5 Å². The molecule has 0 bridgehead atoms. The molecule has 1 unspecified atom stereocenters. The summed E-state index contributed by atoms with van der Waals surface area (Å²) in [7, 11) is 0. The average Bonchev–Trinajstić information content (AvgIpc) is 3.06. The fraction of sp³-hybridized carbons (Fsp3) is 0.278. The molecule has 1 aromatic carbocycles. The Morgan fingerprint density at radius 2 is 2.18 bits per heavy atom. The molecule has 0 aliphatic carbocycles. The second kappa shape index (κ2) is 4.99. The van der Waals surface area contributed by atoms with E-state index >= 15 is 0 Å². The third-order valence-electron chi connectivity index (χ3n) is 4.44. The Kier molecular flexibility index (Phi) is 3.08. The van der Waals surface area contributed by atoms with E-state index in [1.54, 1.807) is 11.3 Å². The van der Waals surface area contributed by atoms with Crippen molar-refractivity contribution >= 4 is 28.2 Å². The normalized spacial score (nSPS) is 17.7. The molecule has 0 saturated carbocycles. The SMILES string of the molecule is Cc1ccc2c(C)c(C(=O)N3CCC3c3cccs3)oc2c1. The summed E-state index contributed by atoms with van der Waals surface area (Å²) in [5.41, 5.74) is 2.88. The molecule has 3 nitrogen and oxygen atoms in total. The first kappa shape index (κ1) is 13.6. The number of hydrogen-bond acceptors (Lipinski definition) is 3. The van der Waals surface area contributed by atoms with Crippen molar-refractivity contribution in [1.29, 1.82) is 0 Å². The van der Waals surface area contributed by atoms with Gasteiger partial charge in [-0.3, -0.25) is 4.79 Å². The van der Waals surface area contributed by atoms with Gasteiger partial charge in [-0.15, -0.1) is 11.3 Å². The highest BCUT2D eigenvalue weighted by atomic mass is 32.1. The summed E-state index contributed by atoms with van der Waals surface area (Å²) in [6.45, 7) is 4.80. The first-order valence-electron chi connectivity index (χ1n) is 7.49. The number of amides is 1. The monoisotopic (exact) mass is 311 g/mol. The first-order chi connectivity index (χ1) is 10.6. The minimum absolute atomic E-state index is 0.0102. The molecule has 1 atom stereocenters. The van der Waals surface area contributed by atoms with Crippen molar-refractivity contribution in [2.75, 3.05) is 6.54 Å². The van der Waals surface area contributed by atoms with Crippen LogP contribution in [0.2, 0.25) is 0 Å². The van der Waals surface area contributed by atoms with Gasteiger partial charge >= 0.3 is 0 Å². The fourth-order valence-corrected chi connectivity index (χ4v) is 3.95. The summed E-state index contributed by atoms with van der Waals surface area (Å²) in [4.78, 5) is 16.0. The molecule has 1 aliphatic heterocycles. The van der Waals surface area contributed by atoms with E-state index in [2.05, 4.69) is 17.5 Å². The van der Waals surface area contributed by atoms with Crippen LogP contribution in [0, 0.1) is 13.8 Å². The molecular weight excluding hydrogens is 294 g/mol. The Balaban J connectivity index is 1.70. The van der Waals surface area contributed by atoms with E-state index in [0.717, 1.165) is 35.1 Å². The van der Waals surface area contributed by atoms with E-state index in [1.807, 2.05) is 36.9 Å². The van der Waals surface area contributed by atoms with Crippen molar-refractivity contribution in [2.45, 2.75) is 26.3 Å². The van der Waals surface area contributed by atoms with Gasteiger partial charge in [-0.2, -0.15) is 0 Å². The highest BCUT2D eigenvalue weighted by Gasteiger charge is 2.36. The second-order valence-electron chi connectivity index (χ2n) is 5.87. The number of carbonyl (C=O) groups excluding carboxylic acids is 1. The van der Waals surface area contributed by atoms with E-state index in [-0.39, 0.29) is 11.9 Å². The van der Waals surface area contributed by atoms with Gasteiger partial charge in [-0.25, -0.2) is 0 Å². The molecule has 0 N–H and O–H groups in total. The van der Waals surface area contributed by atoms with Crippen molar-refractivity contribution in [3.8, 4) is 0 Å². The minimum Gasteiger partial charge on any atom is -0.451 e. The lowest BCUT2D eigenvalue weighted by Gasteiger charge is -2.40. The Bertz CT molecular complexity index is 847. The summed E-state index contributed by atoms with van der Waals surface area (Å²) < 4.78 is 5.88. The Hall–Kier alpha value is -2.07. The van der Waals surface area contributed by atoms with Crippen molar-refractivity contribution in [2.24, 2.45) is 0 Å². The van der Waals surface area contributed by atoms with Gasteiger partial charge in [0.25, 0.3) is 5.91 Å². The summed E-state index contributed by atoms with van der Waals surface area (Å²) in [5.74, 6) is 0.498. The van der Waals surface area contributed by atoms with Crippen LogP contribution in [0.15, 0.2) is 40.1 Å². The van der Waals surface area contributed by atoms with E-state index in [4.69, 9.17) is 4.42 Å². The first-order valence-corrected chi connectivity index (χ1v) is 8.37. The van der Waals surface area contributed by atoms with Crippen LogP contribution in [0.3, 0.4) is 0 Å². The quantitative estimate of drug-likeness (QED) is 0.687. The molecule has 2 aromatic heterocycles. The number of fused-ring (bicyclic) bond motifs is 1. The van der Waals surface area contributed by atoms with Gasteiger partial charge in [0.15, 0.2) is 5.76 Å². The largest absolute Gasteiger partial charge is 0.451 e. The molecule has 3 aromatic rings. The van der Waals surface area contributed by atoms with Crippen LogP contribution >= 0.6 is 11.3 Å². The van der Waals surface area contributed by atoms with E-state index in [9.17, 15) is 4.79 Å². The molecule has 0 radical (unpaired) electrons. The van der Waals surface area contributed by atoms with Crippen molar-refractivity contribution in [3.63, 3.8) is 0 Å². The van der Waals surface area contributed by atoms with Crippen LogP contribution in [0.4, 0.5) is 0 Å². The van der Waals surface area contributed by atoms with E-state index < -0.39 is 0 Å². The van der Waals surface area contributed by atoms with Gasteiger partial charge in [-0.1, -0.05) is 18.2 Å². The number of likely N-dealkylation sites (tertiary alicyclic amines) is 1. The van der Waals surface area contributed by atoms with Gasteiger partial charge in [0.2, 0.25) is 0 Å². The third-order valence-corrected chi connectivity index (χ3v) is 5.41. The van der Waals surface area contributed by atoms with Crippen LogP contribution in [-0.2, 0) is 0 Å². The molecule has 22 heavy (non-hydrogen) atoms. The molecule has 3 heterocycles. The van der Waals surface area contributed by atoms with Crippen molar-refractivity contribution < 1.29 is 9.21 Å². The number of rotatable bonds is 2. The Morgan fingerprint density at radius 3 is 2.86 bits per heavy atom. The molecule has 4 rings (SSSR count). The predicted octanol–water partition coefficient (Wildman–Crippen LogP) is 4.70. The number of aryl methyl sites for hydroxylation is 2. The van der Waals surface area contributed by atoms with Crippen LogP contribution in [0.1, 0.15) is 39.0 Å². The number of carbonyl (C=O) groups is 1. The van der Waals surface area contributed by atoms with Gasteiger partial charge in [0, 0.05) is 22.4 Å². The summed E-state index contributed by atoms with van der Waals surface area (Å²) in [6.07, 6.45) is 1.03. The van der Waals surface area contributed by atoms with Gasteiger partial charge in [-0.05, 0) is 43.3 Å². The van der Waals surface area contributed by atoms with Crippen molar-refractivity contribution in [1.82, 2.24) is 4.90 Å². The van der Waals surface area contributed by atoms with Crippen LogP contribution in [0.5, 0.6) is 0 Å². The number of nitrogens with zero attached hydrogens (tertiary/aromatic N) is 1. The fourth-order valence-electron chi connectivity index (χ4n) is 3.07. The average molecular weight is 311 g/mol. The lowest BCUT2D eigenvalue weighted by Crippen LogP contribution is -2.44. The molecule has 1 saturated heterocycles. The topological polar surface area (TPSA) is 33.5 Å². The van der Waals surface area contributed by atoms with Gasteiger partial charge < -0.3 is 9.32 Å². The van der Waals surface area contributed by atoms with Crippen LogP contribution in [-0.4, -0.2) is 17.4 Å².